The first kappa shape index (κ1) is 12.6. The maximum absolute atomic E-state index is 5.91. The largest absolute Gasteiger partial charge is 0.382 e. The van der Waals surface area contributed by atoms with Gasteiger partial charge in [0.15, 0.2) is 0 Å². The molecule has 2 atom stereocenters. The molecule has 0 aromatic heterocycles. The van der Waals surface area contributed by atoms with Gasteiger partial charge in [0.1, 0.15) is 6.10 Å². The van der Waals surface area contributed by atoms with Crippen LogP contribution >= 0.6 is 0 Å². The van der Waals surface area contributed by atoms with E-state index in [1.54, 1.807) is 0 Å². The van der Waals surface area contributed by atoms with Crippen molar-refractivity contribution in [1.82, 2.24) is 0 Å². The summed E-state index contributed by atoms with van der Waals surface area (Å²) >= 11 is 0. The maximum Gasteiger partial charge on any atom is 0.104 e. The Morgan fingerprint density at radius 1 is 1.25 bits per heavy atom. The van der Waals surface area contributed by atoms with Crippen LogP contribution in [0.2, 0.25) is 19.1 Å². The lowest BCUT2D eigenvalue weighted by Gasteiger charge is -2.35. The van der Waals surface area contributed by atoms with E-state index in [1.165, 1.54) is 25.3 Å². The minimum Gasteiger partial charge on any atom is -0.382 e. The Balaban J connectivity index is 1.63. The predicted molar refractivity (Wildman–Crippen MR) is 66.4 cm³/mol. The van der Waals surface area contributed by atoms with Crippen molar-refractivity contribution < 1.29 is 14.2 Å². The van der Waals surface area contributed by atoms with Crippen LogP contribution in [0.5, 0.6) is 0 Å². The van der Waals surface area contributed by atoms with Gasteiger partial charge in [0.25, 0.3) is 0 Å². The summed E-state index contributed by atoms with van der Waals surface area (Å²) in [6, 6.07) is 1.21. The number of rotatable bonds is 6. The zero-order valence-corrected chi connectivity index (χ0v) is 11.5. The second-order valence-electron chi connectivity index (χ2n) is 5.62. The molecule has 0 spiro atoms. The molecule has 0 aliphatic carbocycles. The molecule has 4 heteroatoms. The van der Waals surface area contributed by atoms with Crippen LogP contribution in [-0.2, 0) is 14.2 Å². The van der Waals surface area contributed by atoms with Gasteiger partial charge in [-0.15, -0.1) is 0 Å². The Kier molecular flexibility index (Phi) is 4.41. The van der Waals surface area contributed by atoms with E-state index in [4.69, 9.17) is 14.2 Å². The second-order valence-corrected chi connectivity index (χ2v) is 10.7. The van der Waals surface area contributed by atoms with Gasteiger partial charge in [0.05, 0.1) is 21.3 Å². The van der Waals surface area contributed by atoms with E-state index < -0.39 is 8.07 Å². The summed E-state index contributed by atoms with van der Waals surface area (Å²) in [6.07, 6.45) is 4.26. The van der Waals surface area contributed by atoms with Gasteiger partial charge in [-0.25, -0.2) is 0 Å². The van der Waals surface area contributed by atoms with Gasteiger partial charge in [0.2, 0.25) is 0 Å². The SMILES string of the molecule is C[Si](C)(CCOCC1CO1)C1CCCCO1. The van der Waals surface area contributed by atoms with Crippen molar-refractivity contribution in [1.29, 1.82) is 0 Å². The van der Waals surface area contributed by atoms with Gasteiger partial charge in [-0.2, -0.15) is 0 Å². The van der Waals surface area contributed by atoms with Gasteiger partial charge >= 0.3 is 0 Å². The highest BCUT2D eigenvalue weighted by molar-refractivity contribution is 6.78. The lowest BCUT2D eigenvalue weighted by molar-refractivity contribution is 0.0581. The average molecular weight is 244 g/mol. The van der Waals surface area contributed by atoms with Gasteiger partial charge in [-0.05, 0) is 25.3 Å². The van der Waals surface area contributed by atoms with Crippen molar-refractivity contribution in [3.63, 3.8) is 0 Å². The summed E-state index contributed by atoms with van der Waals surface area (Å²) in [5, 5.41) is 0. The highest BCUT2D eigenvalue weighted by Crippen LogP contribution is 2.25. The molecule has 16 heavy (non-hydrogen) atoms. The molecule has 0 N–H and O–H groups in total. The third kappa shape index (κ3) is 3.84. The third-order valence-corrected chi connectivity index (χ3v) is 7.34. The van der Waals surface area contributed by atoms with Crippen LogP contribution in [0.4, 0.5) is 0 Å². The predicted octanol–water partition coefficient (Wildman–Crippen LogP) is 2.22. The summed E-state index contributed by atoms with van der Waals surface area (Å²) in [5.74, 6) is 0. The topological polar surface area (TPSA) is 31.0 Å². The van der Waals surface area contributed by atoms with Crippen LogP contribution in [-0.4, -0.2) is 46.3 Å². The van der Waals surface area contributed by atoms with Crippen molar-refractivity contribution in [3.8, 4) is 0 Å². The molecule has 3 nitrogen and oxygen atoms in total. The van der Waals surface area contributed by atoms with Crippen LogP contribution in [0.15, 0.2) is 0 Å². The summed E-state index contributed by atoms with van der Waals surface area (Å²) in [4.78, 5) is 0. The number of hydrogen-bond donors (Lipinski definition) is 0. The molecule has 94 valence electrons. The molecule has 2 fully saturated rings. The van der Waals surface area contributed by atoms with Gasteiger partial charge < -0.3 is 14.2 Å². The highest BCUT2D eigenvalue weighted by Gasteiger charge is 2.33. The first-order valence-electron chi connectivity index (χ1n) is 6.49. The highest BCUT2D eigenvalue weighted by atomic mass is 28.3. The average Bonchev–Trinajstić information content (AvgIpc) is 3.10. The van der Waals surface area contributed by atoms with Crippen molar-refractivity contribution in [2.75, 3.05) is 26.4 Å². The van der Waals surface area contributed by atoms with E-state index in [0.717, 1.165) is 26.4 Å². The van der Waals surface area contributed by atoms with E-state index in [0.29, 0.717) is 11.8 Å². The summed E-state index contributed by atoms with van der Waals surface area (Å²) < 4.78 is 16.7. The molecule has 2 aliphatic rings. The molecule has 0 aromatic rings. The molecule has 2 heterocycles. The quantitative estimate of drug-likeness (QED) is 0.408. The van der Waals surface area contributed by atoms with E-state index in [1.807, 2.05) is 0 Å². The molecular weight excluding hydrogens is 220 g/mol. The second kappa shape index (κ2) is 5.62. The molecule has 2 aliphatic heterocycles. The minimum atomic E-state index is -1.24. The third-order valence-electron chi connectivity index (χ3n) is 3.65. The Morgan fingerprint density at radius 3 is 2.69 bits per heavy atom. The van der Waals surface area contributed by atoms with Crippen LogP contribution in [0.3, 0.4) is 0 Å². The minimum absolute atomic E-state index is 0.399. The Hall–Kier alpha value is 0.0969. The van der Waals surface area contributed by atoms with Crippen LogP contribution in [0.1, 0.15) is 19.3 Å². The van der Waals surface area contributed by atoms with E-state index in [9.17, 15) is 0 Å². The lowest BCUT2D eigenvalue weighted by atomic mass is 10.2. The molecule has 2 rings (SSSR count). The fourth-order valence-electron chi connectivity index (χ4n) is 2.23. The normalized spacial score (nSPS) is 30.4. The van der Waals surface area contributed by atoms with Crippen molar-refractivity contribution in [3.05, 3.63) is 0 Å². The van der Waals surface area contributed by atoms with Crippen LogP contribution in [0, 0.1) is 0 Å². The molecule has 0 aromatic carbocycles. The number of hydrogen-bond acceptors (Lipinski definition) is 3. The zero-order valence-electron chi connectivity index (χ0n) is 10.5. The molecule has 0 saturated carbocycles. The van der Waals surface area contributed by atoms with E-state index in [2.05, 4.69) is 13.1 Å². The van der Waals surface area contributed by atoms with E-state index >= 15 is 0 Å². The monoisotopic (exact) mass is 244 g/mol. The number of epoxide rings is 1. The van der Waals surface area contributed by atoms with Gasteiger partial charge in [-0.1, -0.05) is 13.1 Å². The van der Waals surface area contributed by atoms with Crippen molar-refractivity contribution >= 4 is 8.07 Å². The molecule has 0 radical (unpaired) electrons. The Morgan fingerprint density at radius 2 is 2.06 bits per heavy atom. The summed E-state index contributed by atoms with van der Waals surface area (Å²) in [6.45, 7) is 8.40. The van der Waals surface area contributed by atoms with Crippen LogP contribution in [0.25, 0.3) is 0 Å². The van der Waals surface area contributed by atoms with Gasteiger partial charge in [0, 0.05) is 18.9 Å². The zero-order chi connectivity index (χ0) is 11.4. The molecule has 2 saturated heterocycles. The number of ether oxygens (including phenoxy) is 3. The van der Waals surface area contributed by atoms with Crippen LogP contribution < -0.4 is 0 Å². The first-order valence-corrected chi connectivity index (χ1v) is 9.78. The summed E-state index contributed by atoms with van der Waals surface area (Å²) in [7, 11) is -1.24. The Bertz CT molecular complexity index is 210. The molecule has 2 unspecified atom stereocenters. The lowest BCUT2D eigenvalue weighted by Crippen LogP contribution is -2.45. The summed E-state index contributed by atoms with van der Waals surface area (Å²) in [5.41, 5.74) is 0.557. The first-order chi connectivity index (χ1) is 7.68. The fourth-order valence-corrected chi connectivity index (χ4v) is 4.78. The smallest absolute Gasteiger partial charge is 0.104 e. The maximum atomic E-state index is 5.91. The van der Waals surface area contributed by atoms with Crippen molar-refractivity contribution in [2.24, 2.45) is 0 Å². The van der Waals surface area contributed by atoms with E-state index in [-0.39, 0.29) is 0 Å². The fraction of sp³-hybridized carbons (Fsp3) is 1.00. The van der Waals surface area contributed by atoms with Gasteiger partial charge in [-0.3, -0.25) is 0 Å². The standard InChI is InChI=1S/C12H24O3Si/c1-16(2,12-5-3-4-6-14-12)8-7-13-9-11-10-15-11/h11-12H,3-10H2,1-2H3. The molecule has 0 amide bonds. The van der Waals surface area contributed by atoms with Crippen molar-refractivity contribution in [2.45, 2.75) is 50.2 Å². The molecule has 0 bridgehead atoms. The molecular formula is C12H24O3Si. The Labute approximate surface area is 99.5 Å².